The van der Waals surface area contributed by atoms with E-state index in [9.17, 15) is 28.8 Å². The third kappa shape index (κ3) is 7.94. The first kappa shape index (κ1) is 28.0. The van der Waals surface area contributed by atoms with E-state index in [4.69, 9.17) is 0 Å². The summed E-state index contributed by atoms with van der Waals surface area (Å²) in [5, 5.41) is 16.8. The lowest BCUT2D eigenvalue weighted by Gasteiger charge is -2.18. The molecule has 1 atom stereocenters. The van der Waals surface area contributed by atoms with Gasteiger partial charge in [0.25, 0.3) is 17.4 Å². The van der Waals surface area contributed by atoms with Crippen molar-refractivity contribution in [3.8, 4) is 0 Å². The third-order valence-corrected chi connectivity index (χ3v) is 5.60. The van der Waals surface area contributed by atoms with Crippen LogP contribution in [-0.2, 0) is 25.7 Å². The highest BCUT2D eigenvalue weighted by atomic mass is 32.1. The summed E-state index contributed by atoms with van der Waals surface area (Å²) >= 11 is 0.943. The Hall–Kier alpha value is -4.20. The molecule has 0 aliphatic heterocycles. The van der Waals surface area contributed by atoms with E-state index in [0.29, 0.717) is 5.70 Å². The number of Topliss-reactive ketones (excluding diaryl/α,β-unsaturated/α-hetero) is 1. The van der Waals surface area contributed by atoms with Gasteiger partial charge in [0, 0.05) is 25.4 Å². The topological polar surface area (TPSA) is 181 Å². The lowest BCUT2D eigenvalue weighted by molar-refractivity contribution is -0.137. The average molecular weight is 518 g/mol. The lowest BCUT2D eigenvalue weighted by atomic mass is 10.1. The maximum absolute atomic E-state index is 13.0. The highest BCUT2D eigenvalue weighted by Crippen LogP contribution is 2.08. The number of nitrogens with one attached hydrogen (secondary N) is 4. The molecule has 0 saturated carbocycles. The van der Waals surface area contributed by atoms with Gasteiger partial charge in [0.15, 0.2) is 0 Å². The molecule has 13 nitrogen and oxygen atoms in total. The summed E-state index contributed by atoms with van der Waals surface area (Å²) in [4.78, 5) is 73.9. The molecule has 192 valence electrons. The van der Waals surface area contributed by atoms with Gasteiger partial charge >= 0.3 is 0 Å². The molecule has 2 rings (SSSR count). The Morgan fingerprint density at radius 1 is 1.19 bits per heavy atom. The standard InChI is InChI=1S/C22H27N7O6S/c1-12(2)13(3)25-17(31)10-29-9-5-6-15(22(29)35)27-18(32)14(7-8-16(30)19(33)23-4)26-20(34)21-28-24-11-36-21/h5-6,9,11-12,14H,3,7-8,10H2,1-2,4H3,(H,23,33)(H,25,31)(H,26,34)(H,27,32). The minimum atomic E-state index is -1.28. The van der Waals surface area contributed by atoms with Crippen molar-refractivity contribution in [1.82, 2.24) is 30.7 Å². The van der Waals surface area contributed by atoms with Crippen molar-refractivity contribution in [3.63, 3.8) is 0 Å². The quantitative estimate of drug-likeness (QED) is 0.280. The number of nitrogens with zero attached hydrogens (tertiary/aromatic N) is 3. The molecule has 0 fully saturated rings. The van der Waals surface area contributed by atoms with Gasteiger partial charge in [0.1, 0.15) is 23.8 Å². The van der Waals surface area contributed by atoms with E-state index in [1.165, 1.54) is 30.9 Å². The zero-order valence-corrected chi connectivity index (χ0v) is 20.8. The van der Waals surface area contributed by atoms with Crippen molar-refractivity contribution in [2.45, 2.75) is 39.3 Å². The van der Waals surface area contributed by atoms with Crippen LogP contribution in [0.3, 0.4) is 0 Å². The van der Waals surface area contributed by atoms with Crippen molar-refractivity contribution >= 4 is 46.4 Å². The summed E-state index contributed by atoms with van der Waals surface area (Å²) in [7, 11) is 1.29. The molecule has 2 aromatic heterocycles. The Morgan fingerprint density at radius 2 is 1.92 bits per heavy atom. The summed E-state index contributed by atoms with van der Waals surface area (Å²) in [6, 6.07) is 1.52. The van der Waals surface area contributed by atoms with Crippen molar-refractivity contribution in [2.75, 3.05) is 12.4 Å². The molecule has 14 heteroatoms. The Kier molecular flexibility index (Phi) is 10.2. The summed E-state index contributed by atoms with van der Waals surface area (Å²) in [6.07, 6.45) is 0.822. The second-order valence-corrected chi connectivity index (χ2v) is 8.72. The SMILES string of the molecule is C=C(NC(=O)Cn1cccc(NC(=O)C(CCC(=O)C(=O)NC)NC(=O)c2nncs2)c1=O)C(C)C. The van der Waals surface area contributed by atoms with E-state index in [1.54, 1.807) is 0 Å². The highest BCUT2D eigenvalue weighted by Gasteiger charge is 2.26. The molecule has 0 aromatic carbocycles. The zero-order valence-electron chi connectivity index (χ0n) is 20.0. The Morgan fingerprint density at radius 3 is 2.53 bits per heavy atom. The van der Waals surface area contributed by atoms with E-state index < -0.39 is 41.0 Å². The third-order valence-electron chi connectivity index (χ3n) is 4.91. The van der Waals surface area contributed by atoms with E-state index in [-0.39, 0.29) is 36.0 Å². The number of anilines is 1. The maximum atomic E-state index is 13.0. The normalized spacial score (nSPS) is 11.3. The highest BCUT2D eigenvalue weighted by molar-refractivity contribution is 7.11. The largest absolute Gasteiger partial charge is 0.353 e. The molecule has 2 aromatic rings. The number of allylic oxidation sites excluding steroid dienone is 1. The predicted molar refractivity (Wildman–Crippen MR) is 131 cm³/mol. The molecule has 0 spiro atoms. The zero-order chi connectivity index (χ0) is 26.8. The van der Waals surface area contributed by atoms with Crippen LogP contribution in [0.4, 0.5) is 5.69 Å². The van der Waals surface area contributed by atoms with Gasteiger partial charge in [-0.15, -0.1) is 10.2 Å². The molecular weight excluding hydrogens is 490 g/mol. The van der Waals surface area contributed by atoms with Crippen LogP contribution in [0.15, 0.2) is 40.9 Å². The maximum Gasteiger partial charge on any atom is 0.287 e. The van der Waals surface area contributed by atoms with Crippen LogP contribution < -0.4 is 26.8 Å². The number of rotatable bonds is 12. The van der Waals surface area contributed by atoms with Crippen LogP contribution in [0.1, 0.15) is 36.5 Å². The molecular formula is C22H27N7O6S. The van der Waals surface area contributed by atoms with Gasteiger partial charge in [-0.05, 0) is 24.5 Å². The van der Waals surface area contributed by atoms with Crippen LogP contribution in [-0.4, -0.2) is 57.3 Å². The van der Waals surface area contributed by atoms with Gasteiger partial charge in [0.05, 0.1) is 0 Å². The van der Waals surface area contributed by atoms with Crippen LogP contribution in [0, 0.1) is 5.92 Å². The van der Waals surface area contributed by atoms with Gasteiger partial charge in [-0.1, -0.05) is 31.8 Å². The van der Waals surface area contributed by atoms with Gasteiger partial charge < -0.3 is 25.8 Å². The number of amides is 4. The smallest absolute Gasteiger partial charge is 0.287 e. The molecule has 0 aliphatic carbocycles. The first-order chi connectivity index (χ1) is 17.0. The second kappa shape index (κ2) is 13.0. The van der Waals surface area contributed by atoms with E-state index in [1.807, 2.05) is 13.8 Å². The summed E-state index contributed by atoms with van der Waals surface area (Å²) < 4.78 is 1.10. The van der Waals surface area contributed by atoms with Gasteiger partial charge in [-0.25, -0.2) is 0 Å². The molecule has 0 aliphatic rings. The molecule has 0 saturated heterocycles. The van der Waals surface area contributed by atoms with E-state index in [2.05, 4.69) is 38.0 Å². The van der Waals surface area contributed by atoms with Crippen molar-refractivity contribution in [1.29, 1.82) is 0 Å². The number of carbonyl (C=O) groups is 5. The number of pyridine rings is 1. The number of hydrogen-bond donors (Lipinski definition) is 4. The first-order valence-electron chi connectivity index (χ1n) is 10.8. The molecule has 1 unspecified atom stereocenters. The monoisotopic (exact) mass is 517 g/mol. The summed E-state index contributed by atoms with van der Waals surface area (Å²) in [5.41, 5.74) is 1.02. The fourth-order valence-corrected chi connectivity index (χ4v) is 3.24. The van der Waals surface area contributed by atoms with Crippen LogP contribution in [0.2, 0.25) is 0 Å². The van der Waals surface area contributed by atoms with Gasteiger partial charge in [0.2, 0.25) is 22.6 Å². The van der Waals surface area contributed by atoms with Gasteiger partial charge in [-0.3, -0.25) is 28.8 Å². The van der Waals surface area contributed by atoms with Crippen molar-refractivity contribution in [2.24, 2.45) is 5.92 Å². The molecule has 0 bridgehead atoms. The minimum absolute atomic E-state index is 0.0125. The molecule has 4 N–H and O–H groups in total. The average Bonchev–Trinajstić information content (AvgIpc) is 3.38. The first-order valence-corrected chi connectivity index (χ1v) is 11.7. The van der Waals surface area contributed by atoms with E-state index >= 15 is 0 Å². The molecule has 0 radical (unpaired) electrons. The number of carbonyl (C=O) groups excluding carboxylic acids is 5. The summed E-state index contributed by atoms with van der Waals surface area (Å²) in [5.74, 6) is -3.58. The number of hydrogen-bond acceptors (Lipinski definition) is 9. The number of aromatic nitrogens is 3. The fourth-order valence-electron chi connectivity index (χ4n) is 2.78. The van der Waals surface area contributed by atoms with Crippen LogP contribution in [0.25, 0.3) is 0 Å². The molecule has 36 heavy (non-hydrogen) atoms. The molecule has 4 amide bonds. The van der Waals surface area contributed by atoms with Crippen LogP contribution >= 0.6 is 11.3 Å². The predicted octanol–water partition coefficient (Wildman–Crippen LogP) is -0.182. The fraction of sp³-hybridized carbons (Fsp3) is 0.364. The minimum Gasteiger partial charge on any atom is -0.353 e. The second-order valence-electron chi connectivity index (χ2n) is 7.88. The molecule has 2 heterocycles. The van der Waals surface area contributed by atoms with E-state index in [0.717, 1.165) is 15.9 Å². The number of likely N-dealkylation sites (N-methyl/N-ethyl adjacent to an activating group) is 1. The Bertz CT molecular complexity index is 1210. The van der Waals surface area contributed by atoms with Gasteiger partial charge in [-0.2, -0.15) is 0 Å². The van der Waals surface area contributed by atoms with Crippen LogP contribution in [0.5, 0.6) is 0 Å². The van der Waals surface area contributed by atoms with Crippen molar-refractivity contribution in [3.05, 3.63) is 51.5 Å². The Balaban J connectivity index is 2.17. The van der Waals surface area contributed by atoms with Crippen molar-refractivity contribution < 1.29 is 24.0 Å². The number of ketones is 1. The Labute approximate surface area is 210 Å². The summed E-state index contributed by atoms with van der Waals surface area (Å²) in [6.45, 7) is 7.15. The lowest BCUT2D eigenvalue weighted by Crippen LogP contribution is -2.45.